The van der Waals surface area contributed by atoms with Crippen molar-refractivity contribution in [3.63, 3.8) is 0 Å². The van der Waals surface area contributed by atoms with E-state index in [1.807, 2.05) is 4.90 Å². The molecular weight excluding hydrogens is 483 g/mol. The molecule has 0 saturated carbocycles. The average molecular weight is 507 g/mol. The number of aromatic nitrogens is 2. The number of nitrogens with zero attached hydrogens (tertiary/aromatic N) is 4. The summed E-state index contributed by atoms with van der Waals surface area (Å²) in [6, 6.07) is 8.73. The summed E-state index contributed by atoms with van der Waals surface area (Å²) in [6.45, 7) is 9.56. The molecule has 0 spiro atoms. The highest BCUT2D eigenvalue weighted by molar-refractivity contribution is 9.10. The van der Waals surface area contributed by atoms with Gasteiger partial charge in [-0.05, 0) is 58.1 Å². The molecular formula is C22H24BrFN4O4. The Bertz CT molecular complexity index is 1180. The van der Waals surface area contributed by atoms with Crippen LogP contribution in [0.1, 0.15) is 27.7 Å². The molecule has 0 N–H and O–H groups in total. The first kappa shape index (κ1) is 23.6. The Morgan fingerprint density at radius 2 is 1.81 bits per heavy atom. The molecule has 2 aromatic carbocycles. The van der Waals surface area contributed by atoms with Gasteiger partial charge >= 0.3 is 5.76 Å². The van der Waals surface area contributed by atoms with E-state index in [9.17, 15) is 19.3 Å². The van der Waals surface area contributed by atoms with Crippen molar-refractivity contribution in [2.45, 2.75) is 27.7 Å². The quantitative estimate of drug-likeness (QED) is 0.299. The van der Waals surface area contributed by atoms with Crippen LogP contribution in [0.4, 0.5) is 15.8 Å². The fraction of sp³-hybridized carbons (Fsp3) is 0.364. The minimum atomic E-state index is -0.786. The van der Waals surface area contributed by atoms with Gasteiger partial charge in [-0.3, -0.25) is 14.6 Å². The van der Waals surface area contributed by atoms with Crippen LogP contribution in [0.15, 0.2) is 50.2 Å². The Kier molecular flexibility index (Phi) is 7.12. The number of hydrogen-bond donors (Lipinski definition) is 0. The van der Waals surface area contributed by atoms with Gasteiger partial charge in [-0.15, -0.1) is 0 Å². The number of nitro benzene ring substituents is 1. The molecule has 3 aromatic rings. The van der Waals surface area contributed by atoms with E-state index in [1.54, 1.807) is 12.1 Å². The fourth-order valence-corrected chi connectivity index (χ4v) is 3.88. The number of hydrogen-bond acceptors (Lipinski definition) is 6. The van der Waals surface area contributed by atoms with Gasteiger partial charge in [0.2, 0.25) is 0 Å². The molecule has 8 nitrogen and oxygen atoms in total. The van der Waals surface area contributed by atoms with Crippen molar-refractivity contribution in [3.8, 4) is 17.1 Å². The zero-order chi connectivity index (χ0) is 23.6. The first-order valence-corrected chi connectivity index (χ1v) is 11.0. The van der Waals surface area contributed by atoms with Crippen molar-refractivity contribution < 1.29 is 13.8 Å². The highest BCUT2D eigenvalue weighted by Crippen LogP contribution is 2.34. The Labute approximate surface area is 192 Å². The fourth-order valence-electron chi connectivity index (χ4n) is 3.51. The van der Waals surface area contributed by atoms with Gasteiger partial charge in [0.1, 0.15) is 11.5 Å². The van der Waals surface area contributed by atoms with Crippen LogP contribution in [0.25, 0.3) is 17.1 Å². The second-order valence-electron chi connectivity index (χ2n) is 8.36. The molecule has 0 saturated heterocycles. The SMILES string of the molecule is CC(C)CN(CC(C)C)c1ccc(-c2noc(=O)n2-c2ccc(F)c(Br)c2)cc1[N+](=O)[O-]. The highest BCUT2D eigenvalue weighted by atomic mass is 79.9. The van der Waals surface area contributed by atoms with Gasteiger partial charge in [-0.1, -0.05) is 32.9 Å². The van der Waals surface area contributed by atoms with E-state index in [0.29, 0.717) is 41.9 Å². The van der Waals surface area contributed by atoms with E-state index in [2.05, 4.69) is 48.8 Å². The second kappa shape index (κ2) is 9.64. The van der Waals surface area contributed by atoms with Crippen molar-refractivity contribution in [1.82, 2.24) is 9.72 Å². The van der Waals surface area contributed by atoms with Crippen LogP contribution in [-0.4, -0.2) is 27.7 Å². The van der Waals surface area contributed by atoms with Crippen molar-refractivity contribution in [1.29, 1.82) is 0 Å². The van der Waals surface area contributed by atoms with E-state index < -0.39 is 16.5 Å². The minimum absolute atomic E-state index is 0.0856. The predicted molar refractivity (Wildman–Crippen MR) is 124 cm³/mol. The summed E-state index contributed by atoms with van der Waals surface area (Å²) in [4.78, 5) is 25.8. The van der Waals surface area contributed by atoms with Gasteiger partial charge in [-0.2, -0.15) is 0 Å². The molecule has 10 heteroatoms. The summed E-state index contributed by atoms with van der Waals surface area (Å²) in [5.74, 6) is -0.569. The summed E-state index contributed by atoms with van der Waals surface area (Å²) in [7, 11) is 0. The maximum Gasteiger partial charge on any atom is 0.446 e. The normalized spacial score (nSPS) is 11.4. The zero-order valence-electron chi connectivity index (χ0n) is 18.2. The van der Waals surface area contributed by atoms with Gasteiger partial charge in [-0.25, -0.2) is 13.8 Å². The molecule has 0 aliphatic heterocycles. The zero-order valence-corrected chi connectivity index (χ0v) is 19.8. The van der Waals surface area contributed by atoms with Crippen LogP contribution in [-0.2, 0) is 0 Å². The lowest BCUT2D eigenvalue weighted by Crippen LogP contribution is -2.31. The molecule has 0 radical (unpaired) electrons. The number of anilines is 1. The lowest BCUT2D eigenvalue weighted by atomic mass is 10.1. The largest absolute Gasteiger partial charge is 0.446 e. The molecule has 1 aromatic heterocycles. The van der Waals surface area contributed by atoms with Crippen LogP contribution >= 0.6 is 15.9 Å². The van der Waals surface area contributed by atoms with Crippen LogP contribution in [0.5, 0.6) is 0 Å². The third kappa shape index (κ3) is 5.07. The molecule has 0 bridgehead atoms. The molecule has 0 fully saturated rings. The Hall–Kier alpha value is -3.01. The van der Waals surface area contributed by atoms with E-state index >= 15 is 0 Å². The summed E-state index contributed by atoms with van der Waals surface area (Å²) >= 11 is 3.10. The molecule has 0 amide bonds. The molecule has 0 aliphatic carbocycles. The summed E-state index contributed by atoms with van der Waals surface area (Å²) < 4.78 is 19.8. The molecule has 0 aliphatic rings. The van der Waals surface area contributed by atoms with E-state index in [1.165, 1.54) is 24.3 Å². The van der Waals surface area contributed by atoms with Crippen molar-refractivity contribution in [2.75, 3.05) is 18.0 Å². The number of benzene rings is 2. The standard InChI is InChI=1S/C22H24BrFN4O4/c1-13(2)11-26(12-14(3)4)19-8-5-15(9-20(19)28(30)31)21-25-32-22(29)27(21)16-6-7-18(24)17(23)10-16/h5-10,13-14H,11-12H2,1-4H3. The molecule has 0 atom stereocenters. The average Bonchev–Trinajstić information content (AvgIpc) is 3.10. The molecule has 170 valence electrons. The third-order valence-electron chi connectivity index (χ3n) is 4.71. The van der Waals surface area contributed by atoms with E-state index in [-0.39, 0.29) is 16.0 Å². The van der Waals surface area contributed by atoms with Gasteiger partial charge in [0.15, 0.2) is 5.82 Å². The lowest BCUT2D eigenvalue weighted by molar-refractivity contribution is -0.384. The van der Waals surface area contributed by atoms with Gasteiger partial charge in [0.05, 0.1) is 15.1 Å². The minimum Gasteiger partial charge on any atom is -0.365 e. The Morgan fingerprint density at radius 3 is 2.38 bits per heavy atom. The first-order chi connectivity index (χ1) is 15.1. The second-order valence-corrected chi connectivity index (χ2v) is 9.21. The maximum absolute atomic E-state index is 13.7. The molecule has 0 unspecified atom stereocenters. The van der Waals surface area contributed by atoms with E-state index in [0.717, 1.165) is 4.57 Å². The van der Waals surface area contributed by atoms with E-state index in [4.69, 9.17) is 4.52 Å². The number of rotatable bonds is 8. The summed E-state index contributed by atoms with van der Waals surface area (Å²) in [5, 5.41) is 15.8. The van der Waals surface area contributed by atoms with Crippen LogP contribution < -0.4 is 10.7 Å². The van der Waals surface area contributed by atoms with Gasteiger partial charge < -0.3 is 4.90 Å². The maximum atomic E-state index is 13.7. The van der Waals surface area contributed by atoms with Crippen LogP contribution in [0.3, 0.4) is 0 Å². The summed E-state index contributed by atoms with van der Waals surface area (Å²) in [6.07, 6.45) is 0. The smallest absolute Gasteiger partial charge is 0.365 e. The van der Waals surface area contributed by atoms with Crippen LogP contribution in [0.2, 0.25) is 0 Å². The molecule has 32 heavy (non-hydrogen) atoms. The highest BCUT2D eigenvalue weighted by Gasteiger charge is 2.24. The first-order valence-electron chi connectivity index (χ1n) is 10.2. The van der Waals surface area contributed by atoms with Gasteiger partial charge in [0, 0.05) is 24.7 Å². The number of nitro groups is 1. The third-order valence-corrected chi connectivity index (χ3v) is 5.32. The molecule has 1 heterocycles. The van der Waals surface area contributed by atoms with Crippen LogP contribution in [0, 0.1) is 27.8 Å². The van der Waals surface area contributed by atoms with Crippen molar-refractivity contribution in [2.24, 2.45) is 11.8 Å². The Balaban J connectivity index is 2.13. The lowest BCUT2D eigenvalue weighted by Gasteiger charge is -2.28. The summed E-state index contributed by atoms with van der Waals surface area (Å²) in [5.41, 5.74) is 1.06. The topological polar surface area (TPSA) is 94.4 Å². The Morgan fingerprint density at radius 1 is 1.16 bits per heavy atom. The predicted octanol–water partition coefficient (Wildman–Crippen LogP) is 5.42. The van der Waals surface area contributed by atoms with Gasteiger partial charge in [0.25, 0.3) is 5.69 Å². The van der Waals surface area contributed by atoms with Crippen molar-refractivity contribution in [3.05, 3.63) is 67.4 Å². The number of halogens is 2. The monoisotopic (exact) mass is 506 g/mol. The van der Waals surface area contributed by atoms with Crippen molar-refractivity contribution >= 4 is 27.3 Å². The molecule has 3 rings (SSSR count).